The molecular formula is C10H15N3O4S. The Hall–Kier alpha value is -1.51. The molecule has 18 heavy (non-hydrogen) atoms. The van der Waals surface area contributed by atoms with Gasteiger partial charge >= 0.3 is 0 Å². The maximum absolute atomic E-state index is 11.8. The van der Waals surface area contributed by atoms with Gasteiger partial charge in [0, 0.05) is 24.7 Å². The standard InChI is InChI=1S/C10H15N3O4S/c1-8(11-2)7-12-18(16,17)10-5-3-9(4-6-10)13(14)15/h3-6,8,11-12H,7H2,1-2H3/t8-/m0/s1. The molecule has 0 fully saturated rings. The zero-order valence-electron chi connectivity index (χ0n) is 10.1. The molecule has 1 aromatic rings. The molecule has 1 atom stereocenters. The van der Waals surface area contributed by atoms with Crippen LogP contribution in [0.3, 0.4) is 0 Å². The molecular weight excluding hydrogens is 258 g/mol. The maximum Gasteiger partial charge on any atom is 0.269 e. The summed E-state index contributed by atoms with van der Waals surface area (Å²) in [4.78, 5) is 9.88. The Bertz CT molecular complexity index is 512. The summed E-state index contributed by atoms with van der Waals surface area (Å²) in [5.41, 5.74) is -0.141. The normalized spacial score (nSPS) is 13.2. The van der Waals surface area contributed by atoms with Gasteiger partial charge in [0.2, 0.25) is 10.0 Å². The molecule has 0 spiro atoms. The Balaban J connectivity index is 2.82. The molecule has 7 nitrogen and oxygen atoms in total. The van der Waals surface area contributed by atoms with Crippen LogP contribution in [0.2, 0.25) is 0 Å². The highest BCUT2D eigenvalue weighted by molar-refractivity contribution is 7.89. The quantitative estimate of drug-likeness (QED) is 0.580. The first-order valence-electron chi connectivity index (χ1n) is 5.28. The second-order valence-electron chi connectivity index (χ2n) is 3.79. The highest BCUT2D eigenvalue weighted by atomic mass is 32.2. The molecule has 0 bridgehead atoms. The Morgan fingerprint density at radius 1 is 1.33 bits per heavy atom. The number of sulfonamides is 1. The van der Waals surface area contributed by atoms with Gasteiger partial charge in [0.1, 0.15) is 0 Å². The number of hydrogen-bond donors (Lipinski definition) is 2. The number of non-ortho nitro benzene ring substituents is 1. The number of likely N-dealkylation sites (N-methyl/N-ethyl adjacent to an activating group) is 1. The van der Waals surface area contributed by atoms with Crippen molar-refractivity contribution in [2.75, 3.05) is 13.6 Å². The summed E-state index contributed by atoms with van der Waals surface area (Å²) < 4.78 is 26.1. The van der Waals surface area contributed by atoms with Crippen LogP contribution in [-0.2, 0) is 10.0 Å². The zero-order chi connectivity index (χ0) is 13.8. The van der Waals surface area contributed by atoms with Gasteiger partial charge in [0.15, 0.2) is 0 Å². The molecule has 0 radical (unpaired) electrons. The first-order valence-corrected chi connectivity index (χ1v) is 6.76. The number of benzene rings is 1. The minimum Gasteiger partial charge on any atom is -0.316 e. The van der Waals surface area contributed by atoms with Gasteiger partial charge in [-0.05, 0) is 26.1 Å². The van der Waals surface area contributed by atoms with Crippen LogP contribution in [0.25, 0.3) is 0 Å². The van der Waals surface area contributed by atoms with E-state index in [9.17, 15) is 18.5 Å². The largest absolute Gasteiger partial charge is 0.316 e. The lowest BCUT2D eigenvalue weighted by Crippen LogP contribution is -2.37. The van der Waals surface area contributed by atoms with Gasteiger partial charge in [-0.1, -0.05) is 0 Å². The Morgan fingerprint density at radius 2 is 1.89 bits per heavy atom. The first kappa shape index (κ1) is 14.6. The summed E-state index contributed by atoms with van der Waals surface area (Å²) in [7, 11) is -1.89. The average Bonchev–Trinajstić information content (AvgIpc) is 2.36. The highest BCUT2D eigenvalue weighted by Gasteiger charge is 2.16. The number of rotatable bonds is 6. The van der Waals surface area contributed by atoms with Crippen LogP contribution in [-0.4, -0.2) is 33.0 Å². The van der Waals surface area contributed by atoms with E-state index in [2.05, 4.69) is 10.0 Å². The van der Waals surface area contributed by atoms with E-state index in [1.54, 1.807) is 7.05 Å². The Labute approximate surface area is 105 Å². The van der Waals surface area contributed by atoms with E-state index >= 15 is 0 Å². The molecule has 0 saturated carbocycles. The molecule has 0 heterocycles. The number of nitro benzene ring substituents is 1. The third-order valence-corrected chi connectivity index (χ3v) is 3.87. The molecule has 0 aliphatic rings. The van der Waals surface area contributed by atoms with Crippen LogP contribution in [0.4, 0.5) is 5.69 Å². The predicted octanol–water partition coefficient (Wildman–Crippen LogP) is 0.481. The minimum atomic E-state index is -3.62. The second-order valence-corrected chi connectivity index (χ2v) is 5.56. The molecule has 0 amide bonds. The van der Waals surface area contributed by atoms with Gasteiger partial charge in [-0.15, -0.1) is 0 Å². The summed E-state index contributed by atoms with van der Waals surface area (Å²) in [5.74, 6) is 0. The van der Waals surface area contributed by atoms with E-state index in [1.807, 2.05) is 6.92 Å². The van der Waals surface area contributed by atoms with Crippen LogP contribution in [0.1, 0.15) is 6.92 Å². The highest BCUT2D eigenvalue weighted by Crippen LogP contribution is 2.15. The Kier molecular flexibility index (Phi) is 4.76. The fourth-order valence-electron chi connectivity index (χ4n) is 1.17. The first-order chi connectivity index (χ1) is 8.36. The molecule has 0 aliphatic heterocycles. The van der Waals surface area contributed by atoms with E-state index in [0.717, 1.165) is 12.1 Å². The van der Waals surface area contributed by atoms with Crippen LogP contribution >= 0.6 is 0 Å². The summed E-state index contributed by atoms with van der Waals surface area (Å²) in [5, 5.41) is 13.3. The fourth-order valence-corrected chi connectivity index (χ4v) is 2.30. The van der Waals surface area contributed by atoms with Gasteiger partial charge < -0.3 is 5.32 Å². The number of nitro groups is 1. The summed E-state index contributed by atoms with van der Waals surface area (Å²) in [6, 6.07) is 4.75. The van der Waals surface area contributed by atoms with Crippen molar-refractivity contribution in [2.24, 2.45) is 0 Å². The van der Waals surface area contributed by atoms with E-state index < -0.39 is 14.9 Å². The minimum absolute atomic E-state index is 0.00202. The number of hydrogen-bond acceptors (Lipinski definition) is 5. The molecule has 1 aromatic carbocycles. The van der Waals surface area contributed by atoms with Crippen molar-refractivity contribution in [3.8, 4) is 0 Å². The lowest BCUT2D eigenvalue weighted by Gasteiger charge is -2.11. The molecule has 0 aromatic heterocycles. The zero-order valence-corrected chi connectivity index (χ0v) is 10.9. The topological polar surface area (TPSA) is 101 Å². The van der Waals surface area contributed by atoms with Crippen molar-refractivity contribution < 1.29 is 13.3 Å². The molecule has 8 heteroatoms. The van der Waals surface area contributed by atoms with Gasteiger partial charge in [-0.25, -0.2) is 13.1 Å². The van der Waals surface area contributed by atoms with Gasteiger partial charge in [0.05, 0.1) is 9.82 Å². The van der Waals surface area contributed by atoms with Crippen molar-refractivity contribution in [1.29, 1.82) is 0 Å². The fraction of sp³-hybridized carbons (Fsp3) is 0.400. The second kappa shape index (κ2) is 5.89. The van der Waals surface area contributed by atoms with E-state index in [1.165, 1.54) is 12.1 Å². The monoisotopic (exact) mass is 273 g/mol. The molecule has 100 valence electrons. The third-order valence-electron chi connectivity index (χ3n) is 2.43. The average molecular weight is 273 g/mol. The van der Waals surface area contributed by atoms with E-state index in [0.29, 0.717) is 0 Å². The van der Waals surface area contributed by atoms with E-state index in [-0.39, 0.29) is 23.2 Å². The van der Waals surface area contributed by atoms with Crippen molar-refractivity contribution in [2.45, 2.75) is 17.9 Å². The molecule has 0 saturated heterocycles. The number of nitrogens with zero attached hydrogens (tertiary/aromatic N) is 1. The maximum atomic E-state index is 11.8. The van der Waals surface area contributed by atoms with Crippen LogP contribution in [0.5, 0.6) is 0 Å². The lowest BCUT2D eigenvalue weighted by molar-refractivity contribution is -0.384. The predicted molar refractivity (Wildman–Crippen MR) is 66.8 cm³/mol. The Morgan fingerprint density at radius 3 is 2.33 bits per heavy atom. The SMILES string of the molecule is CN[C@@H](C)CNS(=O)(=O)c1ccc([N+](=O)[O-])cc1. The van der Waals surface area contributed by atoms with Gasteiger partial charge in [0.25, 0.3) is 5.69 Å². The number of nitrogens with one attached hydrogen (secondary N) is 2. The molecule has 1 rings (SSSR count). The van der Waals surface area contributed by atoms with Crippen LogP contribution in [0.15, 0.2) is 29.2 Å². The smallest absolute Gasteiger partial charge is 0.269 e. The van der Waals surface area contributed by atoms with Crippen molar-refractivity contribution in [3.63, 3.8) is 0 Å². The summed E-state index contributed by atoms with van der Waals surface area (Å²) >= 11 is 0. The van der Waals surface area contributed by atoms with Crippen LogP contribution < -0.4 is 10.0 Å². The summed E-state index contributed by atoms with van der Waals surface area (Å²) in [6.45, 7) is 2.08. The van der Waals surface area contributed by atoms with Gasteiger partial charge in [-0.3, -0.25) is 10.1 Å². The molecule has 0 unspecified atom stereocenters. The van der Waals surface area contributed by atoms with E-state index in [4.69, 9.17) is 0 Å². The van der Waals surface area contributed by atoms with Crippen molar-refractivity contribution >= 4 is 15.7 Å². The van der Waals surface area contributed by atoms with Crippen molar-refractivity contribution in [1.82, 2.24) is 10.0 Å². The summed E-state index contributed by atoms with van der Waals surface area (Å²) in [6.07, 6.45) is 0. The lowest BCUT2D eigenvalue weighted by atomic mass is 10.3. The van der Waals surface area contributed by atoms with Gasteiger partial charge in [-0.2, -0.15) is 0 Å². The molecule has 0 aliphatic carbocycles. The van der Waals surface area contributed by atoms with Crippen molar-refractivity contribution in [3.05, 3.63) is 34.4 Å². The van der Waals surface area contributed by atoms with Crippen LogP contribution in [0, 0.1) is 10.1 Å². The molecule has 2 N–H and O–H groups in total. The third kappa shape index (κ3) is 3.76.